The minimum atomic E-state index is -1.27. The minimum Gasteiger partial charge on any atom is -0.463 e. The number of carbonyl (C=O) groups excluding carboxylic acids is 3. The fraction of sp³-hybridized carbons (Fsp3) is 0.880. The lowest BCUT2D eigenvalue weighted by Crippen LogP contribution is -2.61. The van der Waals surface area contributed by atoms with Gasteiger partial charge in [-0.05, 0) is 84.5 Å². The lowest BCUT2D eigenvalue weighted by atomic mass is 9.52. The van der Waals surface area contributed by atoms with E-state index in [-0.39, 0.29) is 19.0 Å². The van der Waals surface area contributed by atoms with Gasteiger partial charge in [0, 0.05) is 12.8 Å². The average Bonchev–Trinajstić information content (AvgIpc) is 2.97. The maximum absolute atomic E-state index is 13.5. The molecular weight excluding hydrogens is 412 g/mol. The third-order valence-corrected chi connectivity index (χ3v) is 8.51. The molecular formula is C25H38O7. The van der Waals surface area contributed by atoms with Crippen molar-refractivity contribution in [1.82, 2.24) is 0 Å². The number of hydrogen-bond donors (Lipinski definition) is 1. The van der Waals surface area contributed by atoms with Gasteiger partial charge in [0.1, 0.15) is 5.60 Å². The molecule has 0 aromatic carbocycles. The Morgan fingerprint density at radius 2 is 1.72 bits per heavy atom. The van der Waals surface area contributed by atoms with E-state index in [0.717, 1.165) is 32.1 Å². The summed E-state index contributed by atoms with van der Waals surface area (Å²) in [7, 11) is 0. The van der Waals surface area contributed by atoms with Crippen molar-refractivity contribution in [1.29, 1.82) is 0 Å². The zero-order chi connectivity index (χ0) is 23.6. The van der Waals surface area contributed by atoms with E-state index < -0.39 is 39.6 Å². The standard InChI is InChI=1S/C25H38O7/c1-6-22(4,14-21(2,3)18(26)31-23(5)7-8-30-20(23)28)19(27)32-25-12-16-9-17(13-25)11-24(29,10-16)15-25/h16-17,29H,6-15H2,1-5H3. The van der Waals surface area contributed by atoms with Gasteiger partial charge in [-0.3, -0.25) is 9.59 Å². The Balaban J connectivity index is 1.46. The Labute approximate surface area is 190 Å². The van der Waals surface area contributed by atoms with Crippen molar-refractivity contribution in [3.63, 3.8) is 0 Å². The lowest BCUT2D eigenvalue weighted by molar-refractivity contribution is -0.227. The second-order valence-corrected chi connectivity index (χ2v) is 12.2. The van der Waals surface area contributed by atoms with Crippen molar-refractivity contribution >= 4 is 17.9 Å². The first-order valence-corrected chi connectivity index (χ1v) is 12.1. The molecule has 5 rings (SSSR count). The van der Waals surface area contributed by atoms with Crippen LogP contribution in [0.15, 0.2) is 0 Å². The predicted octanol–water partition coefficient (Wildman–Crippen LogP) is 3.69. The number of rotatable bonds is 7. The largest absolute Gasteiger partial charge is 0.463 e. The summed E-state index contributed by atoms with van der Waals surface area (Å²) >= 11 is 0. The van der Waals surface area contributed by atoms with E-state index in [0.29, 0.717) is 31.1 Å². The van der Waals surface area contributed by atoms with Crippen LogP contribution in [0, 0.1) is 22.7 Å². The highest BCUT2D eigenvalue weighted by molar-refractivity contribution is 5.86. The molecule has 4 bridgehead atoms. The first-order valence-electron chi connectivity index (χ1n) is 12.1. The van der Waals surface area contributed by atoms with Crippen molar-refractivity contribution in [3.8, 4) is 0 Å². The van der Waals surface area contributed by atoms with E-state index in [1.807, 2.05) is 13.8 Å². The normalized spacial score (nSPS) is 40.0. The molecule has 5 aliphatic rings. The number of hydrogen-bond acceptors (Lipinski definition) is 7. The Morgan fingerprint density at radius 3 is 2.22 bits per heavy atom. The maximum Gasteiger partial charge on any atom is 0.350 e. The summed E-state index contributed by atoms with van der Waals surface area (Å²) < 4.78 is 16.8. The number of carbonyl (C=O) groups is 3. The molecule has 4 saturated carbocycles. The molecule has 0 radical (unpaired) electrons. The first kappa shape index (κ1) is 23.5. The van der Waals surface area contributed by atoms with Gasteiger partial charge in [-0.1, -0.05) is 6.92 Å². The van der Waals surface area contributed by atoms with Gasteiger partial charge in [-0.2, -0.15) is 0 Å². The second-order valence-electron chi connectivity index (χ2n) is 12.2. The van der Waals surface area contributed by atoms with Gasteiger partial charge in [0.25, 0.3) is 0 Å². The molecule has 1 heterocycles. The van der Waals surface area contributed by atoms with Crippen molar-refractivity contribution in [2.75, 3.05) is 6.61 Å². The summed E-state index contributed by atoms with van der Waals surface area (Å²) in [6.07, 6.45) is 5.99. The average molecular weight is 451 g/mol. The Kier molecular flexibility index (Phi) is 5.47. The zero-order valence-corrected chi connectivity index (χ0v) is 20.1. The predicted molar refractivity (Wildman–Crippen MR) is 115 cm³/mol. The van der Waals surface area contributed by atoms with E-state index in [2.05, 4.69) is 0 Å². The van der Waals surface area contributed by atoms with Crippen LogP contribution in [-0.2, 0) is 28.6 Å². The van der Waals surface area contributed by atoms with Gasteiger partial charge >= 0.3 is 17.9 Å². The highest BCUT2D eigenvalue weighted by Crippen LogP contribution is 2.59. The van der Waals surface area contributed by atoms with Crippen LogP contribution < -0.4 is 0 Å². The fourth-order valence-electron chi connectivity index (χ4n) is 6.99. The van der Waals surface area contributed by atoms with E-state index in [4.69, 9.17) is 14.2 Å². The number of esters is 3. The number of ether oxygens (including phenoxy) is 3. The highest BCUT2D eigenvalue weighted by atomic mass is 16.6. The fourth-order valence-corrected chi connectivity index (χ4v) is 6.99. The van der Waals surface area contributed by atoms with Crippen LogP contribution in [0.2, 0.25) is 0 Å². The molecule has 1 aliphatic heterocycles. The Morgan fingerprint density at radius 1 is 1.09 bits per heavy atom. The molecule has 32 heavy (non-hydrogen) atoms. The quantitative estimate of drug-likeness (QED) is 0.466. The van der Waals surface area contributed by atoms with E-state index >= 15 is 0 Å². The van der Waals surface area contributed by atoms with Crippen molar-refractivity contribution < 1.29 is 33.7 Å². The van der Waals surface area contributed by atoms with E-state index in [1.54, 1.807) is 20.8 Å². The SMILES string of the molecule is CCC(C)(CC(C)(C)C(=O)OC1(C)CCOC1=O)C(=O)OC12CC3CC(CC(O)(C3)C1)C2. The summed E-state index contributed by atoms with van der Waals surface area (Å²) in [6.45, 7) is 9.05. The number of aliphatic hydroxyl groups is 1. The Hall–Kier alpha value is -1.63. The van der Waals surface area contributed by atoms with Gasteiger partial charge in [0.2, 0.25) is 5.60 Å². The minimum absolute atomic E-state index is 0.235. The second kappa shape index (κ2) is 7.44. The molecule has 4 atom stereocenters. The van der Waals surface area contributed by atoms with Crippen LogP contribution in [0.5, 0.6) is 0 Å². The third-order valence-electron chi connectivity index (χ3n) is 8.51. The molecule has 4 unspecified atom stereocenters. The molecule has 7 nitrogen and oxygen atoms in total. The number of cyclic esters (lactones) is 1. The smallest absolute Gasteiger partial charge is 0.350 e. The topological polar surface area (TPSA) is 99.1 Å². The van der Waals surface area contributed by atoms with E-state index in [9.17, 15) is 19.5 Å². The summed E-state index contributed by atoms with van der Waals surface area (Å²) in [5.41, 5.74) is -4.44. The van der Waals surface area contributed by atoms with Crippen LogP contribution in [-0.4, -0.2) is 46.4 Å². The molecule has 7 heteroatoms. The van der Waals surface area contributed by atoms with Crippen LogP contribution in [0.1, 0.15) is 92.4 Å². The van der Waals surface area contributed by atoms with Gasteiger partial charge in [0.05, 0.1) is 23.0 Å². The summed E-state index contributed by atoms with van der Waals surface area (Å²) in [5.74, 6) is -0.520. The molecule has 0 aromatic heterocycles. The third kappa shape index (κ3) is 4.06. The van der Waals surface area contributed by atoms with Gasteiger partial charge in [-0.15, -0.1) is 0 Å². The molecule has 4 aliphatic carbocycles. The molecule has 0 amide bonds. The molecule has 1 N–H and O–H groups in total. The van der Waals surface area contributed by atoms with Crippen LogP contribution in [0.4, 0.5) is 0 Å². The van der Waals surface area contributed by atoms with Gasteiger partial charge in [0.15, 0.2) is 0 Å². The summed E-state index contributed by atoms with van der Waals surface area (Å²) in [6, 6.07) is 0. The maximum atomic E-state index is 13.5. The molecule has 0 aromatic rings. The molecule has 1 saturated heterocycles. The highest BCUT2D eigenvalue weighted by Gasteiger charge is 2.60. The molecule has 0 spiro atoms. The van der Waals surface area contributed by atoms with Crippen LogP contribution in [0.3, 0.4) is 0 Å². The zero-order valence-electron chi connectivity index (χ0n) is 20.1. The van der Waals surface area contributed by atoms with Crippen LogP contribution >= 0.6 is 0 Å². The lowest BCUT2D eigenvalue weighted by Gasteiger charge is -2.59. The van der Waals surface area contributed by atoms with Crippen LogP contribution in [0.25, 0.3) is 0 Å². The molecule has 180 valence electrons. The Bertz CT molecular complexity index is 803. The monoisotopic (exact) mass is 450 g/mol. The van der Waals surface area contributed by atoms with Gasteiger partial charge in [-0.25, -0.2) is 4.79 Å². The van der Waals surface area contributed by atoms with Crippen molar-refractivity contribution in [3.05, 3.63) is 0 Å². The van der Waals surface area contributed by atoms with Crippen molar-refractivity contribution in [2.45, 2.75) is 109 Å². The summed E-state index contributed by atoms with van der Waals surface area (Å²) in [5, 5.41) is 11.0. The first-order chi connectivity index (χ1) is 14.7. The summed E-state index contributed by atoms with van der Waals surface area (Å²) in [4.78, 5) is 38.5. The molecule has 5 fully saturated rings. The van der Waals surface area contributed by atoms with Crippen molar-refractivity contribution in [2.24, 2.45) is 22.7 Å². The van der Waals surface area contributed by atoms with Gasteiger partial charge < -0.3 is 19.3 Å². The van der Waals surface area contributed by atoms with E-state index in [1.165, 1.54) is 0 Å².